The molecule has 1 aromatic heterocycles. The molecular weight excluding hydrogens is 360 g/mol. The Morgan fingerprint density at radius 1 is 1.15 bits per heavy atom. The molecule has 2 aliphatic rings. The maximum Gasteiger partial charge on any atom is 0.289 e. The van der Waals surface area contributed by atoms with Gasteiger partial charge in [-0.25, -0.2) is 0 Å². The van der Waals surface area contributed by atoms with Crippen LogP contribution in [0.4, 0.5) is 0 Å². The molecule has 1 aromatic carbocycles. The van der Waals surface area contributed by atoms with Gasteiger partial charge in [-0.15, -0.1) is 11.8 Å². The number of hydrogen-bond donors (Lipinski definition) is 1. The second-order valence-electron chi connectivity index (χ2n) is 7.18. The van der Waals surface area contributed by atoms with E-state index in [4.69, 9.17) is 4.42 Å². The Bertz CT molecular complexity index is 811. The van der Waals surface area contributed by atoms with Crippen LogP contribution >= 0.6 is 11.8 Å². The van der Waals surface area contributed by atoms with Crippen LogP contribution < -0.4 is 5.32 Å². The number of hydrogen-bond acceptors (Lipinski definition) is 4. The number of aryl methyl sites for hydroxylation is 2. The molecule has 2 aromatic rings. The summed E-state index contributed by atoms with van der Waals surface area (Å²) < 4.78 is 5.18. The van der Waals surface area contributed by atoms with E-state index in [0.717, 1.165) is 19.3 Å². The van der Waals surface area contributed by atoms with Gasteiger partial charge in [0.2, 0.25) is 5.91 Å². The lowest BCUT2D eigenvalue weighted by molar-refractivity contribution is -0.119. The van der Waals surface area contributed by atoms with Crippen molar-refractivity contribution >= 4 is 23.6 Å². The van der Waals surface area contributed by atoms with Crippen molar-refractivity contribution < 1.29 is 14.0 Å². The second kappa shape index (κ2) is 8.21. The number of carbonyl (C=O) groups excluding carboxylic acids is 2. The smallest absolute Gasteiger partial charge is 0.289 e. The number of nitrogens with zero attached hydrogens (tertiary/aromatic N) is 1. The predicted octanol–water partition coefficient (Wildman–Crippen LogP) is 3.28. The molecule has 1 fully saturated rings. The van der Waals surface area contributed by atoms with Crippen LogP contribution in [0, 0.1) is 0 Å². The zero-order valence-corrected chi connectivity index (χ0v) is 16.1. The third-order valence-corrected chi connectivity index (χ3v) is 6.31. The van der Waals surface area contributed by atoms with E-state index in [0.29, 0.717) is 24.6 Å². The Labute approximate surface area is 163 Å². The van der Waals surface area contributed by atoms with Crippen LogP contribution in [0.2, 0.25) is 0 Å². The van der Waals surface area contributed by atoms with Crippen LogP contribution in [0.1, 0.15) is 40.9 Å². The molecule has 0 radical (unpaired) electrons. The van der Waals surface area contributed by atoms with Crippen molar-refractivity contribution in [2.75, 3.05) is 18.8 Å². The van der Waals surface area contributed by atoms with Gasteiger partial charge in [0, 0.05) is 24.0 Å². The molecule has 0 saturated carbocycles. The normalized spacial score (nSPS) is 17.0. The minimum Gasteiger partial charge on any atom is -0.459 e. The zero-order chi connectivity index (χ0) is 18.6. The monoisotopic (exact) mass is 384 g/mol. The van der Waals surface area contributed by atoms with Gasteiger partial charge in [0.05, 0.1) is 12.0 Å². The van der Waals surface area contributed by atoms with Crippen LogP contribution in [0.15, 0.2) is 45.9 Å². The topological polar surface area (TPSA) is 62.6 Å². The maximum absolute atomic E-state index is 12.3. The van der Waals surface area contributed by atoms with Gasteiger partial charge >= 0.3 is 0 Å². The van der Waals surface area contributed by atoms with Crippen molar-refractivity contribution in [1.29, 1.82) is 0 Å². The standard InChI is InChI=1S/C21H24N2O3S/c24-20(14-27-18-7-6-15-3-1-4-16(15)13-18)22-17-8-10-23(11-9-17)21(25)19-5-2-12-26-19/h2,5-7,12-13,17H,1,3-4,8-11,14H2,(H,22,24). The van der Waals surface area contributed by atoms with Gasteiger partial charge in [-0.05, 0) is 67.5 Å². The molecule has 1 saturated heterocycles. The van der Waals surface area contributed by atoms with Crippen LogP contribution in [-0.2, 0) is 17.6 Å². The highest BCUT2D eigenvalue weighted by Crippen LogP contribution is 2.27. The van der Waals surface area contributed by atoms with Crippen LogP contribution in [0.5, 0.6) is 0 Å². The molecule has 4 rings (SSSR count). The van der Waals surface area contributed by atoms with Gasteiger partial charge in [0.1, 0.15) is 0 Å². The quantitative estimate of drug-likeness (QED) is 0.804. The molecule has 0 bridgehead atoms. The van der Waals surface area contributed by atoms with Crippen LogP contribution in [0.25, 0.3) is 0 Å². The van der Waals surface area contributed by atoms with E-state index in [9.17, 15) is 9.59 Å². The lowest BCUT2D eigenvalue weighted by atomic mass is 10.0. The molecule has 0 spiro atoms. The van der Waals surface area contributed by atoms with Gasteiger partial charge in [0.15, 0.2) is 5.76 Å². The van der Waals surface area contributed by atoms with Gasteiger partial charge in [-0.3, -0.25) is 9.59 Å². The van der Waals surface area contributed by atoms with Gasteiger partial charge in [0.25, 0.3) is 5.91 Å². The Hall–Kier alpha value is -2.21. The van der Waals surface area contributed by atoms with Crippen molar-refractivity contribution in [2.45, 2.75) is 43.0 Å². The highest BCUT2D eigenvalue weighted by atomic mass is 32.2. The summed E-state index contributed by atoms with van der Waals surface area (Å²) in [6.45, 7) is 1.28. The first kappa shape index (κ1) is 18.2. The molecule has 1 aliphatic carbocycles. The Morgan fingerprint density at radius 3 is 2.74 bits per heavy atom. The Balaban J connectivity index is 1.21. The highest BCUT2D eigenvalue weighted by Gasteiger charge is 2.25. The minimum absolute atomic E-state index is 0.0660. The molecule has 2 heterocycles. The average Bonchev–Trinajstić information content (AvgIpc) is 3.38. The summed E-state index contributed by atoms with van der Waals surface area (Å²) in [5, 5.41) is 3.11. The molecule has 6 heteroatoms. The number of fused-ring (bicyclic) bond motifs is 1. The number of thioether (sulfide) groups is 1. The first-order valence-corrected chi connectivity index (χ1v) is 10.5. The average molecular weight is 385 g/mol. The minimum atomic E-state index is -0.0723. The largest absolute Gasteiger partial charge is 0.459 e. The molecule has 27 heavy (non-hydrogen) atoms. The summed E-state index contributed by atoms with van der Waals surface area (Å²) in [4.78, 5) is 27.5. The molecule has 5 nitrogen and oxygen atoms in total. The van der Waals surface area contributed by atoms with Crippen molar-refractivity contribution in [3.63, 3.8) is 0 Å². The highest BCUT2D eigenvalue weighted by molar-refractivity contribution is 8.00. The summed E-state index contributed by atoms with van der Waals surface area (Å²) in [5.74, 6) is 0.807. The van der Waals surface area contributed by atoms with E-state index in [2.05, 4.69) is 23.5 Å². The molecule has 1 N–H and O–H groups in total. The van der Waals surface area contributed by atoms with E-state index < -0.39 is 0 Å². The third kappa shape index (κ3) is 4.38. The van der Waals surface area contributed by atoms with Crippen LogP contribution in [0.3, 0.4) is 0 Å². The number of nitrogens with one attached hydrogen (secondary N) is 1. The number of likely N-dealkylation sites (tertiary alicyclic amines) is 1. The second-order valence-corrected chi connectivity index (χ2v) is 8.23. The maximum atomic E-state index is 12.3. The molecular formula is C21H24N2O3S. The predicted molar refractivity (Wildman–Crippen MR) is 105 cm³/mol. The number of rotatable bonds is 5. The molecule has 0 atom stereocenters. The SMILES string of the molecule is O=C(CSc1ccc2c(c1)CCC2)NC1CCN(C(=O)c2ccco2)CC1. The zero-order valence-electron chi connectivity index (χ0n) is 15.3. The molecule has 1 aliphatic heterocycles. The van der Waals surface area contributed by atoms with E-state index in [1.807, 2.05) is 0 Å². The lowest BCUT2D eigenvalue weighted by Crippen LogP contribution is -2.46. The summed E-state index contributed by atoms with van der Waals surface area (Å²) in [5.41, 5.74) is 2.90. The molecule has 0 unspecified atom stereocenters. The fraction of sp³-hybridized carbons (Fsp3) is 0.429. The van der Waals surface area contributed by atoms with E-state index in [1.165, 1.54) is 35.1 Å². The molecule has 142 valence electrons. The van der Waals surface area contributed by atoms with E-state index in [1.54, 1.807) is 28.8 Å². The van der Waals surface area contributed by atoms with Crippen molar-refractivity contribution in [2.24, 2.45) is 0 Å². The van der Waals surface area contributed by atoms with Crippen molar-refractivity contribution in [1.82, 2.24) is 10.2 Å². The number of piperidine rings is 1. The van der Waals surface area contributed by atoms with Crippen molar-refractivity contribution in [3.8, 4) is 0 Å². The number of furan rings is 1. The Morgan fingerprint density at radius 2 is 1.96 bits per heavy atom. The number of carbonyl (C=O) groups is 2. The summed E-state index contributed by atoms with van der Waals surface area (Å²) in [6, 6.07) is 10.1. The number of amides is 2. The van der Waals surface area contributed by atoms with Crippen LogP contribution in [-0.4, -0.2) is 41.6 Å². The fourth-order valence-corrected chi connectivity index (χ4v) is 4.61. The Kier molecular flexibility index (Phi) is 5.53. The fourth-order valence-electron chi connectivity index (χ4n) is 3.84. The summed E-state index contributed by atoms with van der Waals surface area (Å²) in [6.07, 6.45) is 6.65. The van der Waals surface area contributed by atoms with E-state index >= 15 is 0 Å². The first-order chi connectivity index (χ1) is 13.2. The van der Waals surface area contributed by atoms with Gasteiger partial charge < -0.3 is 14.6 Å². The number of benzene rings is 1. The first-order valence-electron chi connectivity index (χ1n) is 9.56. The van der Waals surface area contributed by atoms with E-state index in [-0.39, 0.29) is 17.9 Å². The van der Waals surface area contributed by atoms with Gasteiger partial charge in [-0.2, -0.15) is 0 Å². The molecule has 2 amide bonds. The lowest BCUT2D eigenvalue weighted by Gasteiger charge is -2.31. The summed E-state index contributed by atoms with van der Waals surface area (Å²) in [7, 11) is 0. The van der Waals surface area contributed by atoms with Gasteiger partial charge in [-0.1, -0.05) is 6.07 Å². The summed E-state index contributed by atoms with van der Waals surface area (Å²) >= 11 is 1.60. The van der Waals surface area contributed by atoms with Crippen molar-refractivity contribution in [3.05, 3.63) is 53.5 Å². The third-order valence-electron chi connectivity index (χ3n) is 5.32.